The molecular weight excluding hydrogens is 417 g/mol. The molecule has 8 heteroatoms. The van der Waals surface area contributed by atoms with Crippen LogP contribution in [0.15, 0.2) is 52.0 Å². The Bertz CT molecular complexity index is 892. The first-order valence-electron chi connectivity index (χ1n) is 7.71. The average molecular weight is 432 g/mol. The van der Waals surface area contributed by atoms with E-state index in [0.29, 0.717) is 11.3 Å². The highest BCUT2D eigenvalue weighted by Crippen LogP contribution is 2.21. The van der Waals surface area contributed by atoms with E-state index in [1.807, 2.05) is 0 Å². The van der Waals surface area contributed by atoms with Crippen LogP contribution in [0.3, 0.4) is 0 Å². The van der Waals surface area contributed by atoms with Gasteiger partial charge in [-0.05, 0) is 42.5 Å². The number of hydrogen-bond donors (Lipinski definition) is 2. The summed E-state index contributed by atoms with van der Waals surface area (Å²) >= 11 is 3.34. The minimum Gasteiger partial charge on any atom is -0.480 e. The highest BCUT2D eigenvalue weighted by molar-refractivity contribution is 9.10. The summed E-state index contributed by atoms with van der Waals surface area (Å²) in [5.41, 5.74) is 3.15. The van der Waals surface area contributed by atoms with Gasteiger partial charge in [0.15, 0.2) is 0 Å². The summed E-state index contributed by atoms with van der Waals surface area (Å²) in [7, 11) is 0. The summed E-state index contributed by atoms with van der Waals surface area (Å²) in [5.74, 6) is 1.41. The molecule has 6 nitrogen and oxygen atoms in total. The fourth-order valence-corrected chi connectivity index (χ4v) is 2.33. The Morgan fingerprint density at radius 1 is 1.26 bits per heavy atom. The monoisotopic (exact) mass is 431 g/mol. The quantitative estimate of drug-likeness (QED) is 0.401. The summed E-state index contributed by atoms with van der Waals surface area (Å²) in [6.45, 7) is -0.184. The molecule has 0 heterocycles. The molecule has 0 saturated heterocycles. The number of rotatable bonds is 7. The van der Waals surface area contributed by atoms with Gasteiger partial charge >= 0.3 is 0 Å². The Balaban J connectivity index is 1.88. The van der Waals surface area contributed by atoms with E-state index in [2.05, 4.69) is 37.7 Å². The summed E-state index contributed by atoms with van der Waals surface area (Å²) in [4.78, 5) is 23.6. The molecule has 2 aromatic rings. The topological polar surface area (TPSA) is 79.8 Å². The van der Waals surface area contributed by atoms with Gasteiger partial charge in [0.25, 0.3) is 11.8 Å². The molecule has 2 N–H and O–H groups in total. The van der Waals surface area contributed by atoms with Gasteiger partial charge in [-0.25, -0.2) is 9.82 Å². The Labute approximate surface area is 163 Å². The molecule has 0 saturated carbocycles. The van der Waals surface area contributed by atoms with Gasteiger partial charge in [0.1, 0.15) is 18.2 Å². The van der Waals surface area contributed by atoms with Crippen molar-refractivity contribution in [2.24, 2.45) is 5.10 Å². The van der Waals surface area contributed by atoms with Gasteiger partial charge in [0.2, 0.25) is 0 Å². The van der Waals surface area contributed by atoms with Crippen molar-refractivity contribution in [1.82, 2.24) is 10.7 Å². The summed E-state index contributed by atoms with van der Waals surface area (Å²) in [6, 6.07) is 10.2. The Morgan fingerprint density at radius 2 is 2.00 bits per heavy atom. The maximum Gasteiger partial charge on any atom is 0.259 e. The van der Waals surface area contributed by atoms with Crippen molar-refractivity contribution >= 4 is 34.0 Å². The van der Waals surface area contributed by atoms with Gasteiger partial charge in [0, 0.05) is 15.6 Å². The van der Waals surface area contributed by atoms with E-state index in [-0.39, 0.29) is 18.7 Å². The summed E-state index contributed by atoms with van der Waals surface area (Å²) in [5, 5.41) is 6.25. The Kier molecular flexibility index (Phi) is 7.52. The van der Waals surface area contributed by atoms with Crippen LogP contribution < -0.4 is 15.5 Å². The lowest BCUT2D eigenvalue weighted by Crippen LogP contribution is -2.34. The van der Waals surface area contributed by atoms with Crippen molar-refractivity contribution in [3.63, 3.8) is 0 Å². The summed E-state index contributed by atoms with van der Waals surface area (Å²) < 4.78 is 19.0. The highest BCUT2D eigenvalue weighted by atomic mass is 79.9. The third-order valence-corrected chi connectivity index (χ3v) is 3.68. The minimum absolute atomic E-state index is 0.101. The molecule has 0 radical (unpaired) electrons. The first kappa shape index (κ1) is 20.1. The predicted molar refractivity (Wildman–Crippen MR) is 103 cm³/mol. The van der Waals surface area contributed by atoms with E-state index >= 15 is 0 Å². The van der Waals surface area contributed by atoms with Crippen LogP contribution in [0.2, 0.25) is 0 Å². The van der Waals surface area contributed by atoms with Gasteiger partial charge in [-0.3, -0.25) is 9.59 Å². The molecule has 0 aliphatic carbocycles. The molecule has 0 aliphatic rings. The number of ether oxygens (including phenoxy) is 1. The van der Waals surface area contributed by atoms with Crippen LogP contribution in [0.5, 0.6) is 5.75 Å². The normalized spacial score (nSPS) is 10.3. The Morgan fingerprint density at radius 3 is 2.70 bits per heavy atom. The number of halogens is 2. The van der Waals surface area contributed by atoms with Gasteiger partial charge < -0.3 is 10.1 Å². The van der Waals surface area contributed by atoms with Gasteiger partial charge in [0.05, 0.1) is 12.8 Å². The second kappa shape index (κ2) is 10.1. The molecular formula is C19H15BrFN3O3. The van der Waals surface area contributed by atoms with E-state index in [1.165, 1.54) is 18.3 Å². The highest BCUT2D eigenvalue weighted by Gasteiger charge is 2.08. The molecule has 0 bridgehead atoms. The molecule has 2 rings (SSSR count). The zero-order valence-corrected chi connectivity index (χ0v) is 15.6. The number of hydrogen-bond acceptors (Lipinski definition) is 4. The fraction of sp³-hybridized carbons (Fsp3) is 0.105. The van der Waals surface area contributed by atoms with Crippen molar-refractivity contribution in [3.8, 4) is 18.1 Å². The number of amides is 2. The van der Waals surface area contributed by atoms with Crippen LogP contribution in [0, 0.1) is 18.2 Å². The van der Waals surface area contributed by atoms with Crippen LogP contribution in [0.1, 0.15) is 15.9 Å². The zero-order chi connectivity index (χ0) is 19.6. The molecule has 0 aromatic heterocycles. The lowest BCUT2D eigenvalue weighted by molar-refractivity contribution is -0.120. The van der Waals surface area contributed by atoms with Crippen molar-refractivity contribution in [3.05, 3.63) is 63.9 Å². The lowest BCUT2D eigenvalue weighted by Gasteiger charge is -2.07. The van der Waals surface area contributed by atoms with Gasteiger partial charge in [-0.1, -0.05) is 21.9 Å². The standard InChI is InChI=1S/C19H15BrFN3O3/c1-2-9-27-17-8-5-15(20)10-14(17)11-23-24-18(25)12-22-19(26)13-3-6-16(21)7-4-13/h1,3-8,10-11H,9,12H2,(H,22,26)(H,24,25)/b23-11-. The molecule has 0 spiro atoms. The fourth-order valence-electron chi connectivity index (χ4n) is 1.95. The maximum absolute atomic E-state index is 12.8. The third-order valence-electron chi connectivity index (χ3n) is 3.19. The molecule has 0 unspecified atom stereocenters. The van der Waals surface area contributed by atoms with Crippen molar-refractivity contribution < 1.29 is 18.7 Å². The largest absolute Gasteiger partial charge is 0.480 e. The number of benzene rings is 2. The Hall–Kier alpha value is -3.18. The van der Waals surface area contributed by atoms with Crippen molar-refractivity contribution in [2.75, 3.05) is 13.2 Å². The van der Waals surface area contributed by atoms with Crippen LogP contribution in [0.4, 0.5) is 4.39 Å². The van der Waals surface area contributed by atoms with Crippen LogP contribution in [-0.4, -0.2) is 31.2 Å². The molecule has 138 valence electrons. The first-order chi connectivity index (χ1) is 13.0. The van der Waals surface area contributed by atoms with Gasteiger partial charge in [-0.2, -0.15) is 5.10 Å². The number of terminal acetylenes is 1. The average Bonchev–Trinajstić information content (AvgIpc) is 2.66. The second-order valence-electron chi connectivity index (χ2n) is 5.16. The van der Waals surface area contributed by atoms with Crippen molar-refractivity contribution in [1.29, 1.82) is 0 Å². The maximum atomic E-state index is 12.8. The molecule has 0 aliphatic heterocycles. The predicted octanol–water partition coefficient (Wildman–Crippen LogP) is 2.48. The van der Waals surface area contributed by atoms with Crippen LogP contribution >= 0.6 is 15.9 Å². The number of nitrogens with one attached hydrogen (secondary N) is 2. The number of hydrazone groups is 1. The molecule has 27 heavy (non-hydrogen) atoms. The number of nitrogens with zero attached hydrogens (tertiary/aromatic N) is 1. The molecule has 0 atom stereocenters. The van der Waals surface area contributed by atoms with E-state index < -0.39 is 17.6 Å². The minimum atomic E-state index is -0.525. The first-order valence-corrected chi connectivity index (χ1v) is 8.50. The number of carbonyl (C=O) groups is 2. The molecule has 2 amide bonds. The molecule has 2 aromatic carbocycles. The van der Waals surface area contributed by atoms with E-state index in [1.54, 1.807) is 18.2 Å². The third kappa shape index (κ3) is 6.56. The zero-order valence-electron chi connectivity index (χ0n) is 14.0. The van der Waals surface area contributed by atoms with E-state index in [4.69, 9.17) is 11.2 Å². The lowest BCUT2D eigenvalue weighted by atomic mass is 10.2. The summed E-state index contributed by atoms with van der Waals surface area (Å²) in [6.07, 6.45) is 6.57. The van der Waals surface area contributed by atoms with Crippen LogP contribution in [-0.2, 0) is 4.79 Å². The number of carbonyl (C=O) groups excluding carboxylic acids is 2. The SMILES string of the molecule is C#CCOc1ccc(Br)cc1/C=N\NC(=O)CNC(=O)c1ccc(F)cc1. The van der Waals surface area contributed by atoms with Crippen molar-refractivity contribution in [2.45, 2.75) is 0 Å². The van der Waals surface area contributed by atoms with E-state index in [0.717, 1.165) is 16.6 Å². The second-order valence-corrected chi connectivity index (χ2v) is 6.07. The van der Waals surface area contributed by atoms with E-state index in [9.17, 15) is 14.0 Å². The smallest absolute Gasteiger partial charge is 0.259 e. The molecule has 0 fully saturated rings. The van der Waals surface area contributed by atoms with Gasteiger partial charge in [-0.15, -0.1) is 6.42 Å². The van der Waals surface area contributed by atoms with Crippen LogP contribution in [0.25, 0.3) is 0 Å².